The van der Waals surface area contributed by atoms with Crippen LogP contribution in [-0.4, -0.2) is 11.2 Å². The van der Waals surface area contributed by atoms with Crippen molar-refractivity contribution in [2.24, 2.45) is 0 Å². The molecule has 1 atom stereocenters. The molecule has 0 aromatic carbocycles. The first-order chi connectivity index (χ1) is 5.70. The van der Waals surface area contributed by atoms with Gasteiger partial charge >= 0.3 is 0 Å². The highest BCUT2D eigenvalue weighted by Gasteiger charge is 2.23. The van der Waals surface area contributed by atoms with Gasteiger partial charge in [-0.25, -0.2) is 4.39 Å². The summed E-state index contributed by atoms with van der Waals surface area (Å²) in [6.45, 7) is 5.42. The van der Waals surface area contributed by atoms with Crippen molar-refractivity contribution in [3.8, 4) is 0 Å². The molecule has 66 valence electrons. The average molecular weight is 168 g/mol. The first-order valence-electron chi connectivity index (χ1n) is 3.99. The van der Waals surface area contributed by atoms with E-state index in [4.69, 9.17) is 0 Å². The van der Waals surface area contributed by atoms with Crippen LogP contribution in [0.1, 0.15) is 19.8 Å². The van der Waals surface area contributed by atoms with Crippen LogP contribution < -0.4 is 0 Å². The van der Waals surface area contributed by atoms with Crippen molar-refractivity contribution >= 4 is 0 Å². The molecule has 0 spiro atoms. The van der Waals surface area contributed by atoms with Gasteiger partial charge in [-0.2, -0.15) is 0 Å². The number of allylic oxidation sites excluding steroid dienone is 2. The van der Waals surface area contributed by atoms with Crippen LogP contribution in [0.3, 0.4) is 0 Å². The Morgan fingerprint density at radius 1 is 1.75 bits per heavy atom. The quantitative estimate of drug-likeness (QED) is 0.628. The van der Waals surface area contributed by atoms with Crippen LogP contribution >= 0.6 is 0 Å². The first kappa shape index (κ1) is 9.20. The third-order valence-electron chi connectivity index (χ3n) is 2.26. The van der Waals surface area contributed by atoms with E-state index in [-0.39, 0.29) is 0 Å². The highest BCUT2D eigenvalue weighted by molar-refractivity contribution is 5.43. The molecule has 0 heterocycles. The summed E-state index contributed by atoms with van der Waals surface area (Å²) in [7, 11) is 0. The summed E-state index contributed by atoms with van der Waals surface area (Å²) in [6.07, 6.45) is 2.85. The molecule has 0 radical (unpaired) electrons. The molecule has 0 aromatic heterocycles. The lowest BCUT2D eigenvalue weighted by Crippen LogP contribution is -2.01. The van der Waals surface area contributed by atoms with Crippen molar-refractivity contribution in [2.45, 2.75) is 25.9 Å². The second-order valence-electron chi connectivity index (χ2n) is 3.01. The molecular weight excluding hydrogens is 155 g/mol. The molecule has 0 aromatic rings. The Bertz CT molecular complexity index is 251. The molecule has 0 bridgehead atoms. The Morgan fingerprint density at radius 3 is 2.92 bits per heavy atom. The van der Waals surface area contributed by atoms with Gasteiger partial charge in [-0.15, -0.1) is 6.58 Å². The minimum absolute atomic E-state index is 0.408. The molecule has 2 heteroatoms. The van der Waals surface area contributed by atoms with E-state index in [1.54, 1.807) is 6.08 Å². The Morgan fingerprint density at radius 2 is 2.42 bits per heavy atom. The van der Waals surface area contributed by atoms with E-state index < -0.39 is 6.10 Å². The van der Waals surface area contributed by atoms with Crippen LogP contribution in [0.5, 0.6) is 0 Å². The summed E-state index contributed by atoms with van der Waals surface area (Å²) in [5, 5.41) is 9.40. The molecule has 0 aliphatic heterocycles. The van der Waals surface area contributed by atoms with Crippen molar-refractivity contribution in [2.75, 3.05) is 0 Å². The van der Waals surface area contributed by atoms with E-state index in [1.807, 2.05) is 6.92 Å². The average Bonchev–Trinajstić information content (AvgIpc) is 2.33. The number of halogens is 1. The van der Waals surface area contributed by atoms with E-state index >= 15 is 0 Å². The molecule has 1 rings (SSSR count). The summed E-state index contributed by atoms with van der Waals surface area (Å²) in [5.41, 5.74) is 2.39. The van der Waals surface area contributed by atoms with Gasteiger partial charge in [-0.05, 0) is 30.1 Å². The molecule has 1 aliphatic rings. The van der Waals surface area contributed by atoms with Gasteiger partial charge in [0.15, 0.2) is 0 Å². The van der Waals surface area contributed by atoms with Crippen LogP contribution in [0.15, 0.2) is 35.7 Å². The second kappa shape index (κ2) is 3.68. The molecular formula is C10H13FO. The van der Waals surface area contributed by atoms with E-state index in [2.05, 4.69) is 6.58 Å². The number of rotatable bonds is 2. The summed E-state index contributed by atoms with van der Waals surface area (Å²) in [6, 6.07) is 0. The zero-order chi connectivity index (χ0) is 9.14. The maximum atomic E-state index is 12.3. The third kappa shape index (κ3) is 1.48. The predicted molar refractivity (Wildman–Crippen MR) is 47.3 cm³/mol. The fourth-order valence-electron chi connectivity index (χ4n) is 1.49. The summed E-state index contributed by atoms with van der Waals surface area (Å²) >= 11 is 0. The monoisotopic (exact) mass is 168 g/mol. The smallest absolute Gasteiger partial charge is 0.0902 e. The standard InChI is InChI=1S/C10H13FO/c1-3-4-9-7(2)10(12)5-8(9)6-11/h3,6,10,12H,1,4-5H2,2H3/t10-/m0/s1. The first-order valence-corrected chi connectivity index (χ1v) is 3.99. The SMILES string of the molecule is C=CCC1=C(C)[C@@H](O)CC1=CF. The number of hydrogen-bond acceptors (Lipinski definition) is 1. The zero-order valence-corrected chi connectivity index (χ0v) is 7.18. The van der Waals surface area contributed by atoms with Crippen LogP contribution in [0, 0.1) is 0 Å². The summed E-state index contributed by atoms with van der Waals surface area (Å²) in [5.74, 6) is 0. The maximum Gasteiger partial charge on any atom is 0.0902 e. The van der Waals surface area contributed by atoms with Crippen molar-refractivity contribution < 1.29 is 9.50 Å². The van der Waals surface area contributed by atoms with E-state index in [0.29, 0.717) is 24.7 Å². The highest BCUT2D eigenvalue weighted by Crippen LogP contribution is 2.33. The molecule has 1 N–H and O–H groups in total. The van der Waals surface area contributed by atoms with Gasteiger partial charge in [0.1, 0.15) is 0 Å². The minimum Gasteiger partial charge on any atom is -0.388 e. The van der Waals surface area contributed by atoms with Gasteiger partial charge < -0.3 is 5.11 Å². The van der Waals surface area contributed by atoms with Gasteiger partial charge in [0.05, 0.1) is 12.4 Å². The van der Waals surface area contributed by atoms with Crippen molar-refractivity contribution in [3.05, 3.63) is 35.7 Å². The maximum absolute atomic E-state index is 12.3. The lowest BCUT2D eigenvalue weighted by molar-refractivity contribution is 0.218. The largest absolute Gasteiger partial charge is 0.388 e. The fraction of sp³-hybridized carbons (Fsp3) is 0.400. The summed E-state index contributed by atoms with van der Waals surface area (Å²) in [4.78, 5) is 0. The highest BCUT2D eigenvalue weighted by atomic mass is 19.1. The van der Waals surface area contributed by atoms with Crippen LogP contribution in [0.4, 0.5) is 4.39 Å². The normalized spacial score (nSPS) is 26.9. The second-order valence-corrected chi connectivity index (χ2v) is 3.01. The van der Waals surface area contributed by atoms with Crippen LogP contribution in [0.2, 0.25) is 0 Å². The zero-order valence-electron chi connectivity index (χ0n) is 7.18. The van der Waals surface area contributed by atoms with E-state index in [9.17, 15) is 9.50 Å². The van der Waals surface area contributed by atoms with E-state index in [0.717, 1.165) is 11.1 Å². The molecule has 1 aliphatic carbocycles. The number of aliphatic hydroxyl groups is 1. The van der Waals surface area contributed by atoms with Gasteiger partial charge in [-0.3, -0.25) is 0 Å². The Balaban J connectivity index is 2.94. The molecule has 0 saturated heterocycles. The predicted octanol–water partition coefficient (Wildman–Crippen LogP) is 2.50. The van der Waals surface area contributed by atoms with Crippen LogP contribution in [0.25, 0.3) is 0 Å². The number of hydrogen-bond donors (Lipinski definition) is 1. The molecule has 0 unspecified atom stereocenters. The van der Waals surface area contributed by atoms with Gasteiger partial charge in [0.2, 0.25) is 0 Å². The lowest BCUT2D eigenvalue weighted by Gasteiger charge is -2.00. The molecule has 1 nitrogen and oxygen atoms in total. The molecule has 0 fully saturated rings. The Labute approximate surface area is 71.9 Å². The van der Waals surface area contributed by atoms with Crippen molar-refractivity contribution in [1.82, 2.24) is 0 Å². The van der Waals surface area contributed by atoms with Crippen molar-refractivity contribution in [1.29, 1.82) is 0 Å². The van der Waals surface area contributed by atoms with Gasteiger partial charge in [0, 0.05) is 6.42 Å². The summed E-state index contributed by atoms with van der Waals surface area (Å²) < 4.78 is 12.3. The Kier molecular flexibility index (Phi) is 2.82. The minimum atomic E-state index is -0.498. The van der Waals surface area contributed by atoms with Gasteiger partial charge in [-0.1, -0.05) is 6.08 Å². The molecule has 12 heavy (non-hydrogen) atoms. The van der Waals surface area contributed by atoms with E-state index in [1.165, 1.54) is 0 Å². The van der Waals surface area contributed by atoms with Crippen LogP contribution in [-0.2, 0) is 0 Å². The van der Waals surface area contributed by atoms with Crippen molar-refractivity contribution in [3.63, 3.8) is 0 Å². The topological polar surface area (TPSA) is 20.2 Å². The molecule has 0 saturated carbocycles. The fourth-order valence-corrected chi connectivity index (χ4v) is 1.49. The van der Waals surface area contributed by atoms with Gasteiger partial charge in [0.25, 0.3) is 0 Å². The lowest BCUT2D eigenvalue weighted by atomic mass is 10.1. The third-order valence-corrected chi connectivity index (χ3v) is 2.26. The Hall–Kier alpha value is -0.890. The number of aliphatic hydroxyl groups excluding tert-OH is 1. The molecule has 0 amide bonds.